The summed E-state index contributed by atoms with van der Waals surface area (Å²) in [6.45, 7) is 4.07. The Balaban J connectivity index is 0.00000196. The van der Waals surface area contributed by atoms with Crippen LogP contribution in [0.3, 0.4) is 0 Å². The molecule has 1 unspecified atom stereocenters. The van der Waals surface area contributed by atoms with Gasteiger partial charge in [-0.2, -0.15) is 0 Å². The number of carbonyl (C=O) groups is 1. The maximum atomic E-state index is 10.3. The minimum Gasteiger partial charge on any atom is -0.550 e. The summed E-state index contributed by atoms with van der Waals surface area (Å²) in [5, 5.41) is 10.3. The van der Waals surface area contributed by atoms with E-state index in [0.717, 1.165) is 0 Å². The van der Waals surface area contributed by atoms with Gasteiger partial charge in [0, 0.05) is 5.97 Å². The molecule has 0 N–H and O–H groups in total. The first-order valence-corrected chi connectivity index (χ1v) is 4.86. The number of hydrogen-bond acceptors (Lipinski definition) is 2. The molecular formula is C12H15AgO2. The van der Waals surface area contributed by atoms with Crippen molar-refractivity contribution in [3.8, 4) is 0 Å². The van der Waals surface area contributed by atoms with E-state index in [0.29, 0.717) is 6.42 Å². The van der Waals surface area contributed by atoms with Crippen LogP contribution in [0.15, 0.2) is 24.3 Å². The third-order valence-electron chi connectivity index (χ3n) is 2.43. The second-order valence-corrected chi connectivity index (χ2v) is 3.72. The van der Waals surface area contributed by atoms with Gasteiger partial charge in [0.2, 0.25) is 0 Å². The predicted molar refractivity (Wildman–Crippen MR) is 53.8 cm³/mol. The molecule has 0 amide bonds. The Morgan fingerprint density at radius 1 is 1.33 bits per heavy atom. The zero-order chi connectivity index (χ0) is 10.6. The first kappa shape index (κ1) is 14.4. The second-order valence-electron chi connectivity index (χ2n) is 3.72. The molecule has 1 aromatic rings. The Bertz CT molecular complexity index is 306. The van der Waals surface area contributed by atoms with Crippen LogP contribution in [0.5, 0.6) is 0 Å². The summed E-state index contributed by atoms with van der Waals surface area (Å²) in [7, 11) is 0. The predicted octanol–water partition coefficient (Wildman–Crippen LogP) is 1.63. The second kappa shape index (κ2) is 6.83. The maximum absolute atomic E-state index is 10.3. The standard InChI is InChI=1S/C12H16O2.Ag/c1-9-3-6-11(7-4-9)10(2)5-8-12(13)14;/h3-4,6-7,10H,5,8H2,1-2H3,(H,13,14);/q;+1/p-1. The Morgan fingerprint density at radius 3 is 2.33 bits per heavy atom. The van der Waals surface area contributed by atoms with Crippen molar-refractivity contribution in [3.63, 3.8) is 0 Å². The Hall–Kier alpha value is -0.570. The summed E-state index contributed by atoms with van der Waals surface area (Å²) in [4.78, 5) is 10.3. The summed E-state index contributed by atoms with van der Waals surface area (Å²) < 4.78 is 0. The number of aryl methyl sites for hydroxylation is 1. The molecule has 3 heteroatoms. The number of aliphatic carboxylic acids is 1. The molecule has 0 saturated carbocycles. The number of carboxylic acid groups (broad SMARTS) is 1. The minimum absolute atomic E-state index is 0. The van der Waals surface area contributed by atoms with E-state index in [-0.39, 0.29) is 34.7 Å². The summed E-state index contributed by atoms with van der Waals surface area (Å²) in [5.41, 5.74) is 2.41. The van der Waals surface area contributed by atoms with Gasteiger partial charge in [-0.15, -0.1) is 0 Å². The van der Waals surface area contributed by atoms with Crippen LogP contribution in [0.1, 0.15) is 36.8 Å². The van der Waals surface area contributed by atoms with Gasteiger partial charge in [-0.05, 0) is 31.2 Å². The molecule has 0 fully saturated rings. The fourth-order valence-electron chi connectivity index (χ4n) is 1.40. The normalized spacial score (nSPS) is 11.6. The van der Waals surface area contributed by atoms with Gasteiger partial charge >= 0.3 is 22.4 Å². The van der Waals surface area contributed by atoms with Gasteiger partial charge in [0.05, 0.1) is 0 Å². The van der Waals surface area contributed by atoms with Crippen molar-refractivity contribution in [2.75, 3.05) is 0 Å². The van der Waals surface area contributed by atoms with Crippen LogP contribution in [0.2, 0.25) is 0 Å². The molecule has 86 valence electrons. The molecule has 0 radical (unpaired) electrons. The van der Waals surface area contributed by atoms with Crippen LogP contribution in [0.25, 0.3) is 0 Å². The molecule has 0 aliphatic rings. The van der Waals surface area contributed by atoms with Gasteiger partial charge in [0.25, 0.3) is 0 Å². The van der Waals surface area contributed by atoms with Crippen molar-refractivity contribution in [3.05, 3.63) is 35.4 Å². The van der Waals surface area contributed by atoms with Gasteiger partial charge in [0.15, 0.2) is 0 Å². The van der Waals surface area contributed by atoms with Crippen LogP contribution in [-0.2, 0) is 27.2 Å². The van der Waals surface area contributed by atoms with Crippen molar-refractivity contribution in [2.45, 2.75) is 32.6 Å². The molecule has 1 rings (SSSR count). The average Bonchev–Trinajstić information content (AvgIpc) is 2.15. The largest absolute Gasteiger partial charge is 1.00 e. The van der Waals surface area contributed by atoms with Crippen LogP contribution in [0, 0.1) is 6.92 Å². The van der Waals surface area contributed by atoms with E-state index in [9.17, 15) is 9.90 Å². The molecule has 0 saturated heterocycles. The molecule has 0 heterocycles. The van der Waals surface area contributed by atoms with Gasteiger partial charge in [0.1, 0.15) is 0 Å². The SMILES string of the molecule is Cc1ccc(C(C)CCC(=O)[O-])cc1.[Ag+]. The monoisotopic (exact) mass is 298 g/mol. The molecule has 15 heavy (non-hydrogen) atoms. The number of benzene rings is 1. The van der Waals surface area contributed by atoms with Crippen LogP contribution in [-0.4, -0.2) is 5.97 Å². The van der Waals surface area contributed by atoms with Crippen molar-refractivity contribution in [2.24, 2.45) is 0 Å². The quantitative estimate of drug-likeness (QED) is 0.793. The summed E-state index contributed by atoms with van der Waals surface area (Å²) in [6.07, 6.45) is 0.778. The minimum atomic E-state index is -0.969. The molecule has 0 bridgehead atoms. The Morgan fingerprint density at radius 2 is 1.87 bits per heavy atom. The number of hydrogen-bond donors (Lipinski definition) is 0. The first-order valence-electron chi connectivity index (χ1n) is 4.86. The van der Waals surface area contributed by atoms with Gasteiger partial charge in [-0.3, -0.25) is 0 Å². The summed E-state index contributed by atoms with van der Waals surface area (Å²) in [6, 6.07) is 8.19. The van der Waals surface area contributed by atoms with Gasteiger partial charge in [-0.1, -0.05) is 36.8 Å². The topological polar surface area (TPSA) is 40.1 Å². The number of carbonyl (C=O) groups excluding carboxylic acids is 1. The average molecular weight is 299 g/mol. The molecule has 0 spiro atoms. The van der Waals surface area contributed by atoms with Crippen molar-refractivity contribution < 1.29 is 32.3 Å². The van der Waals surface area contributed by atoms with Gasteiger partial charge < -0.3 is 9.90 Å². The third kappa shape index (κ3) is 5.17. The van der Waals surface area contributed by atoms with E-state index in [1.54, 1.807) is 0 Å². The molecule has 1 atom stereocenters. The Kier molecular flexibility index (Phi) is 6.57. The zero-order valence-corrected chi connectivity index (χ0v) is 10.4. The van der Waals surface area contributed by atoms with E-state index in [1.807, 2.05) is 26.0 Å². The van der Waals surface area contributed by atoms with Crippen LogP contribution < -0.4 is 5.11 Å². The van der Waals surface area contributed by atoms with Crippen molar-refractivity contribution >= 4 is 5.97 Å². The van der Waals surface area contributed by atoms with Crippen molar-refractivity contribution in [1.29, 1.82) is 0 Å². The third-order valence-corrected chi connectivity index (χ3v) is 2.43. The van der Waals surface area contributed by atoms with E-state index < -0.39 is 5.97 Å². The maximum Gasteiger partial charge on any atom is 1.00 e. The first-order chi connectivity index (χ1) is 6.59. The van der Waals surface area contributed by atoms with Crippen LogP contribution >= 0.6 is 0 Å². The molecule has 2 nitrogen and oxygen atoms in total. The van der Waals surface area contributed by atoms with E-state index in [2.05, 4.69) is 12.1 Å². The number of carboxylic acids is 1. The van der Waals surface area contributed by atoms with Gasteiger partial charge in [-0.25, -0.2) is 0 Å². The van der Waals surface area contributed by atoms with Crippen molar-refractivity contribution in [1.82, 2.24) is 0 Å². The zero-order valence-electron chi connectivity index (χ0n) is 8.92. The summed E-state index contributed by atoms with van der Waals surface area (Å²) >= 11 is 0. The molecule has 0 aliphatic carbocycles. The van der Waals surface area contributed by atoms with Crippen LogP contribution in [0.4, 0.5) is 0 Å². The van der Waals surface area contributed by atoms with E-state index >= 15 is 0 Å². The molecule has 0 aliphatic heterocycles. The smallest absolute Gasteiger partial charge is 0.550 e. The number of rotatable bonds is 4. The van der Waals surface area contributed by atoms with E-state index in [1.165, 1.54) is 11.1 Å². The fraction of sp³-hybridized carbons (Fsp3) is 0.417. The molecule has 0 aromatic heterocycles. The molecular weight excluding hydrogens is 284 g/mol. The van der Waals surface area contributed by atoms with E-state index in [4.69, 9.17) is 0 Å². The Labute approximate surface area is 106 Å². The fourth-order valence-corrected chi connectivity index (χ4v) is 1.40. The molecule has 1 aromatic carbocycles. The summed E-state index contributed by atoms with van der Waals surface area (Å²) in [5.74, 6) is -0.683.